The molecule has 38 heavy (non-hydrogen) atoms. The average Bonchev–Trinajstić information content (AvgIpc) is 2.92. The third kappa shape index (κ3) is 7.37. The van der Waals surface area contributed by atoms with E-state index in [1.807, 2.05) is 0 Å². The van der Waals surface area contributed by atoms with Gasteiger partial charge < -0.3 is 52.1 Å². The zero-order chi connectivity index (χ0) is 27.9. The maximum Gasteiger partial charge on any atom is 0.293 e. The Morgan fingerprint density at radius 1 is 0.579 bits per heavy atom. The Bertz CT molecular complexity index is 792. The van der Waals surface area contributed by atoms with E-state index in [2.05, 4.69) is 6.58 Å². The summed E-state index contributed by atoms with van der Waals surface area (Å²) in [7, 11) is 1.27. The molecule has 0 N–H and O–H groups in total. The van der Waals surface area contributed by atoms with Crippen LogP contribution >= 0.6 is 0 Å². The molecule has 0 spiro atoms. The molecule has 2 fully saturated rings. The molecule has 2 rings (SSSR count). The summed E-state index contributed by atoms with van der Waals surface area (Å²) in [6.45, 7) is 2.78. The molecule has 2 heterocycles. The second kappa shape index (κ2) is 16.1. The summed E-state index contributed by atoms with van der Waals surface area (Å²) in [4.78, 5) is 66.7. The third-order valence-electron chi connectivity index (χ3n) is 5.47. The van der Waals surface area contributed by atoms with Gasteiger partial charge in [0.1, 0.15) is 31.5 Å². The number of methoxy groups -OCH3 is 1. The molecular weight excluding hydrogens is 524 g/mol. The van der Waals surface area contributed by atoms with Crippen molar-refractivity contribution in [3.05, 3.63) is 12.8 Å². The van der Waals surface area contributed by atoms with Crippen LogP contribution in [0.3, 0.4) is 0 Å². The van der Waals surface area contributed by atoms with E-state index in [0.29, 0.717) is 0 Å². The van der Waals surface area contributed by atoms with E-state index in [4.69, 9.17) is 52.1 Å². The van der Waals surface area contributed by atoms with Gasteiger partial charge in [0.2, 0.25) is 0 Å². The maximum atomic E-state index is 11.4. The molecule has 0 aromatic carbocycles. The Morgan fingerprint density at radius 3 is 1.53 bits per heavy atom. The number of hydrogen-bond donors (Lipinski definition) is 0. The van der Waals surface area contributed by atoms with Crippen LogP contribution in [0.25, 0.3) is 0 Å². The summed E-state index contributed by atoms with van der Waals surface area (Å²) in [5.74, 6) is 0. The number of carbonyl (C=O) groups excluding carboxylic acids is 6. The molecule has 2 saturated heterocycles. The van der Waals surface area contributed by atoms with Gasteiger partial charge in [0, 0.05) is 7.11 Å². The van der Waals surface area contributed by atoms with Gasteiger partial charge in [0.25, 0.3) is 38.8 Å². The van der Waals surface area contributed by atoms with Crippen molar-refractivity contribution in [3.63, 3.8) is 0 Å². The molecule has 0 aromatic rings. The monoisotopic (exact) mass is 550 g/mol. The lowest BCUT2D eigenvalue weighted by molar-refractivity contribution is -0.356. The van der Waals surface area contributed by atoms with Crippen LogP contribution in [0.1, 0.15) is 0 Å². The fourth-order valence-electron chi connectivity index (χ4n) is 4.04. The third-order valence-corrected chi connectivity index (χ3v) is 5.47. The molecule has 0 amide bonds. The Hall–Kier alpha value is -3.80. The SMILES string of the molecule is C=CO[C@H]1C(OC)O[C@H](COC=O)[C@@H](O[C@@H]2O[C@H](COC=O)[C@H](OC=O)[C@H](OC=O)[C@H]2OC=O)[C@@H]1OC=O. The molecule has 0 bridgehead atoms. The van der Waals surface area contributed by atoms with Crippen molar-refractivity contribution in [1.82, 2.24) is 0 Å². The van der Waals surface area contributed by atoms with Gasteiger partial charge in [0.15, 0.2) is 43.1 Å². The molecule has 10 atom stereocenters. The van der Waals surface area contributed by atoms with Crippen LogP contribution in [0.15, 0.2) is 12.8 Å². The molecule has 0 radical (unpaired) electrons. The summed E-state index contributed by atoms with van der Waals surface area (Å²) < 4.78 is 57.8. The number of carbonyl (C=O) groups is 6. The zero-order valence-electron chi connectivity index (χ0n) is 19.9. The van der Waals surface area contributed by atoms with Crippen LogP contribution < -0.4 is 0 Å². The van der Waals surface area contributed by atoms with Crippen molar-refractivity contribution in [2.45, 2.75) is 61.4 Å². The first-order valence-corrected chi connectivity index (χ1v) is 10.8. The Kier molecular flexibility index (Phi) is 12.9. The quantitative estimate of drug-likeness (QED) is 0.0926. The van der Waals surface area contributed by atoms with Gasteiger partial charge in [-0.15, -0.1) is 0 Å². The molecule has 0 saturated carbocycles. The van der Waals surface area contributed by atoms with Crippen molar-refractivity contribution in [3.8, 4) is 0 Å². The molecule has 2 aliphatic rings. The molecule has 0 aliphatic carbocycles. The van der Waals surface area contributed by atoms with E-state index in [1.165, 1.54) is 7.11 Å². The van der Waals surface area contributed by atoms with Crippen molar-refractivity contribution >= 4 is 38.8 Å². The van der Waals surface area contributed by atoms with Crippen molar-refractivity contribution in [2.75, 3.05) is 20.3 Å². The summed E-state index contributed by atoms with van der Waals surface area (Å²) >= 11 is 0. The first-order valence-electron chi connectivity index (χ1n) is 10.8. The van der Waals surface area contributed by atoms with Gasteiger partial charge in [-0.05, 0) is 0 Å². The largest absolute Gasteiger partial charge is 0.489 e. The first kappa shape index (κ1) is 30.4. The lowest BCUT2D eigenvalue weighted by atomic mass is 9.96. The van der Waals surface area contributed by atoms with Crippen LogP contribution in [0.2, 0.25) is 0 Å². The van der Waals surface area contributed by atoms with Gasteiger partial charge in [-0.1, -0.05) is 6.58 Å². The van der Waals surface area contributed by atoms with E-state index >= 15 is 0 Å². The van der Waals surface area contributed by atoms with Crippen LogP contribution in [-0.4, -0.2) is 121 Å². The molecule has 2 aliphatic heterocycles. The molecule has 0 aromatic heterocycles. The number of ether oxygens (including phenoxy) is 11. The van der Waals surface area contributed by atoms with E-state index in [1.54, 1.807) is 0 Å². The molecule has 17 nitrogen and oxygen atoms in total. The van der Waals surface area contributed by atoms with Crippen LogP contribution in [0, 0.1) is 0 Å². The summed E-state index contributed by atoms with van der Waals surface area (Å²) in [6, 6.07) is 0. The van der Waals surface area contributed by atoms with Gasteiger partial charge in [0.05, 0.1) is 6.26 Å². The predicted molar refractivity (Wildman–Crippen MR) is 112 cm³/mol. The highest BCUT2D eigenvalue weighted by Crippen LogP contribution is 2.34. The molecular formula is C21H26O17. The van der Waals surface area contributed by atoms with Gasteiger partial charge in [-0.25, -0.2) is 0 Å². The van der Waals surface area contributed by atoms with Crippen molar-refractivity contribution in [1.29, 1.82) is 0 Å². The molecule has 17 heteroatoms. The predicted octanol–water partition coefficient (Wildman–Crippen LogP) is -2.49. The standard InChI is InChI=1S/C21H26O17/c1-3-31-18-17(34-10-26)15(13(5-30-7-23)36-20(18)28-2)38-21-19(35-11-27)16(33-9-25)14(32-8-24)12(37-21)4-29-6-22/h3,6-21H,1,4-5H2,2H3/t12-,13-,14+,15-,16+,17+,18-,19-,20?,21+/m1/s1. The highest BCUT2D eigenvalue weighted by molar-refractivity contribution is 5.42. The Labute approximate surface area is 215 Å². The van der Waals surface area contributed by atoms with Crippen LogP contribution in [0.5, 0.6) is 0 Å². The average molecular weight is 550 g/mol. The molecule has 1 unspecified atom stereocenters. The number of hydrogen-bond acceptors (Lipinski definition) is 17. The zero-order valence-corrected chi connectivity index (χ0v) is 19.9. The van der Waals surface area contributed by atoms with Gasteiger partial charge in [-0.2, -0.15) is 0 Å². The van der Waals surface area contributed by atoms with E-state index in [-0.39, 0.29) is 38.8 Å². The van der Waals surface area contributed by atoms with E-state index < -0.39 is 74.6 Å². The second-order valence-electron chi connectivity index (χ2n) is 7.34. The highest BCUT2D eigenvalue weighted by atomic mass is 16.8. The first-order chi connectivity index (χ1) is 18.5. The summed E-state index contributed by atoms with van der Waals surface area (Å²) in [5, 5.41) is 0. The highest BCUT2D eigenvalue weighted by Gasteiger charge is 2.56. The Morgan fingerprint density at radius 2 is 1.03 bits per heavy atom. The normalized spacial score (nSPS) is 34.3. The van der Waals surface area contributed by atoms with E-state index in [9.17, 15) is 28.8 Å². The van der Waals surface area contributed by atoms with Crippen LogP contribution in [-0.2, 0) is 80.9 Å². The second-order valence-corrected chi connectivity index (χ2v) is 7.34. The Balaban J connectivity index is 2.51. The lowest BCUT2D eigenvalue weighted by Gasteiger charge is -2.47. The smallest absolute Gasteiger partial charge is 0.293 e. The van der Waals surface area contributed by atoms with Crippen LogP contribution in [0.4, 0.5) is 0 Å². The maximum absolute atomic E-state index is 11.4. The minimum atomic E-state index is -1.66. The fraction of sp³-hybridized carbons (Fsp3) is 0.619. The molecule has 212 valence electrons. The summed E-state index contributed by atoms with van der Waals surface area (Å²) in [6.07, 6.45) is -12.7. The summed E-state index contributed by atoms with van der Waals surface area (Å²) in [5.41, 5.74) is 0. The van der Waals surface area contributed by atoms with Crippen molar-refractivity contribution in [2.24, 2.45) is 0 Å². The number of rotatable bonds is 19. The van der Waals surface area contributed by atoms with Gasteiger partial charge >= 0.3 is 0 Å². The minimum absolute atomic E-state index is 0.00704. The van der Waals surface area contributed by atoms with E-state index in [0.717, 1.165) is 6.26 Å². The topological polar surface area (TPSA) is 204 Å². The lowest BCUT2D eigenvalue weighted by Crippen LogP contribution is -2.66. The van der Waals surface area contributed by atoms with Gasteiger partial charge in [-0.3, -0.25) is 28.8 Å². The minimum Gasteiger partial charge on any atom is -0.489 e. The fourth-order valence-corrected chi connectivity index (χ4v) is 4.04. The van der Waals surface area contributed by atoms with Crippen molar-refractivity contribution < 1.29 is 80.9 Å².